The van der Waals surface area contributed by atoms with Crippen molar-refractivity contribution in [1.82, 2.24) is 14.9 Å². The van der Waals surface area contributed by atoms with Gasteiger partial charge >= 0.3 is 0 Å². The molecule has 1 amide bonds. The van der Waals surface area contributed by atoms with Crippen molar-refractivity contribution in [1.29, 1.82) is 0 Å². The van der Waals surface area contributed by atoms with E-state index in [1.807, 2.05) is 54.6 Å². The van der Waals surface area contributed by atoms with Crippen molar-refractivity contribution in [3.8, 4) is 11.1 Å². The number of nitrogen functional groups attached to an aromatic ring is 1. The minimum Gasteiger partial charge on any atom is -0.399 e. The molecule has 6 heteroatoms. The number of fused-ring (bicyclic) bond motifs is 1. The molecule has 6 nitrogen and oxygen atoms in total. The Balaban J connectivity index is 1.38. The van der Waals surface area contributed by atoms with Crippen LogP contribution in [0.5, 0.6) is 0 Å². The Hall–Kier alpha value is -3.77. The highest BCUT2D eigenvalue weighted by Crippen LogP contribution is 2.31. The maximum atomic E-state index is 13.2. The monoisotopic (exact) mass is 424 g/mol. The number of amides is 1. The zero-order chi connectivity index (χ0) is 22.1. The van der Waals surface area contributed by atoms with Crippen LogP contribution in [0.1, 0.15) is 16.1 Å². The van der Waals surface area contributed by atoms with Crippen molar-refractivity contribution in [3.63, 3.8) is 0 Å². The van der Waals surface area contributed by atoms with Gasteiger partial charge in [-0.15, -0.1) is 0 Å². The van der Waals surface area contributed by atoms with Crippen LogP contribution in [0.15, 0.2) is 79.3 Å². The summed E-state index contributed by atoms with van der Waals surface area (Å²) in [4.78, 5) is 23.3. The summed E-state index contributed by atoms with van der Waals surface area (Å²) in [7, 11) is 0. The van der Waals surface area contributed by atoms with Crippen LogP contribution in [-0.4, -0.2) is 45.1 Å². The van der Waals surface area contributed by atoms with E-state index < -0.39 is 6.10 Å². The molecule has 1 aliphatic heterocycles. The lowest BCUT2D eigenvalue weighted by Crippen LogP contribution is -2.29. The number of nitrogens with two attached hydrogens (primary N) is 1. The first-order valence-electron chi connectivity index (χ1n) is 10.7. The van der Waals surface area contributed by atoms with E-state index in [2.05, 4.69) is 16.0 Å². The molecule has 32 heavy (non-hydrogen) atoms. The fourth-order valence-corrected chi connectivity index (χ4v) is 4.48. The second kappa shape index (κ2) is 8.40. The summed E-state index contributed by atoms with van der Waals surface area (Å²) in [6, 6.07) is 19.6. The zero-order valence-electron chi connectivity index (χ0n) is 17.6. The maximum absolute atomic E-state index is 13.2. The van der Waals surface area contributed by atoms with Crippen molar-refractivity contribution in [2.75, 3.05) is 18.8 Å². The Labute approximate surface area is 186 Å². The van der Waals surface area contributed by atoms with Gasteiger partial charge < -0.3 is 15.7 Å². The van der Waals surface area contributed by atoms with E-state index in [-0.39, 0.29) is 11.8 Å². The van der Waals surface area contributed by atoms with Crippen LogP contribution in [0.2, 0.25) is 0 Å². The van der Waals surface area contributed by atoms with Gasteiger partial charge in [0.05, 0.1) is 11.8 Å². The van der Waals surface area contributed by atoms with Crippen LogP contribution >= 0.6 is 0 Å². The summed E-state index contributed by atoms with van der Waals surface area (Å²) in [5.41, 5.74) is 10.3. The summed E-state index contributed by atoms with van der Waals surface area (Å²) in [5, 5.41) is 12.6. The third kappa shape index (κ3) is 3.92. The fraction of sp³-hybridized carbons (Fsp3) is 0.192. The predicted octanol–water partition coefficient (Wildman–Crippen LogP) is 3.55. The Kier molecular flexibility index (Phi) is 5.29. The normalized spacial score (nSPS) is 18.2. The van der Waals surface area contributed by atoms with Gasteiger partial charge in [0.1, 0.15) is 0 Å². The number of carbonyl (C=O) groups is 1. The number of likely N-dealkylation sites (tertiary alicyclic amines) is 1. The van der Waals surface area contributed by atoms with Crippen molar-refractivity contribution in [2.45, 2.75) is 12.5 Å². The van der Waals surface area contributed by atoms with Crippen LogP contribution in [0.4, 0.5) is 5.69 Å². The number of rotatable bonds is 4. The molecule has 1 aromatic heterocycles. The molecule has 1 saturated heterocycles. The lowest BCUT2D eigenvalue weighted by molar-refractivity contribution is 0.0765. The topological polar surface area (TPSA) is 92.3 Å². The number of hydrogen-bond donors (Lipinski definition) is 2. The van der Waals surface area contributed by atoms with Crippen molar-refractivity contribution in [2.24, 2.45) is 5.92 Å². The summed E-state index contributed by atoms with van der Waals surface area (Å²) >= 11 is 0. The standard InChI is InChI=1S/C26H24N4O2/c27-21-5-1-3-18(12-21)23-6-2-4-17-11-19(7-8-24(17)23)26(32)30-15-20(25(31)16-30)13-22-14-28-9-10-29-22/h1-12,14,20,25,31H,13,15-16,27H2/t20-,25-/m1/s1. The maximum Gasteiger partial charge on any atom is 0.253 e. The fourth-order valence-electron chi connectivity index (χ4n) is 4.48. The molecule has 0 unspecified atom stereocenters. The Morgan fingerprint density at radius 3 is 2.75 bits per heavy atom. The summed E-state index contributed by atoms with van der Waals surface area (Å²) in [6.07, 6.45) is 5.00. The van der Waals surface area contributed by atoms with Gasteiger partial charge in [-0.2, -0.15) is 0 Å². The van der Waals surface area contributed by atoms with Crippen molar-refractivity contribution in [3.05, 3.63) is 90.5 Å². The molecular formula is C26H24N4O2. The largest absolute Gasteiger partial charge is 0.399 e. The minimum absolute atomic E-state index is 0.0498. The van der Waals surface area contributed by atoms with Crippen molar-refractivity contribution < 1.29 is 9.90 Å². The molecule has 2 heterocycles. The number of benzene rings is 3. The van der Waals surface area contributed by atoms with Crippen LogP contribution in [0.3, 0.4) is 0 Å². The molecule has 1 aliphatic rings. The van der Waals surface area contributed by atoms with Gasteiger partial charge in [-0.05, 0) is 52.6 Å². The predicted molar refractivity (Wildman–Crippen MR) is 125 cm³/mol. The number of aromatic nitrogens is 2. The highest BCUT2D eigenvalue weighted by atomic mass is 16.3. The minimum atomic E-state index is -0.573. The molecular weight excluding hydrogens is 400 g/mol. The highest BCUT2D eigenvalue weighted by molar-refractivity contribution is 6.03. The average molecular weight is 425 g/mol. The number of aliphatic hydroxyl groups excluding tert-OH is 1. The summed E-state index contributed by atoms with van der Waals surface area (Å²) < 4.78 is 0. The number of anilines is 1. The molecule has 160 valence electrons. The first kappa shape index (κ1) is 20.2. The lowest BCUT2D eigenvalue weighted by atomic mass is 9.96. The summed E-state index contributed by atoms with van der Waals surface area (Å²) in [5.74, 6) is -0.117. The third-order valence-corrected chi connectivity index (χ3v) is 6.11. The molecule has 5 rings (SSSR count). The number of β-amino-alcohol motifs (C(OH)–C–C–N with tert-alkyl or cyclic N) is 1. The van der Waals surface area contributed by atoms with E-state index in [0.717, 1.165) is 33.3 Å². The van der Waals surface area contributed by atoms with Crippen LogP contribution in [0.25, 0.3) is 21.9 Å². The Morgan fingerprint density at radius 2 is 1.94 bits per heavy atom. The SMILES string of the molecule is Nc1cccc(-c2cccc3cc(C(=O)N4C[C@@H](Cc5cnccn5)[C@H](O)C4)ccc23)c1. The molecule has 0 radical (unpaired) electrons. The second-order valence-electron chi connectivity index (χ2n) is 8.31. The Bertz CT molecular complexity index is 1280. The number of aliphatic hydroxyl groups is 1. The van der Waals surface area contributed by atoms with E-state index in [9.17, 15) is 9.90 Å². The van der Waals surface area contributed by atoms with Gasteiger partial charge in [-0.25, -0.2) is 0 Å². The first-order valence-corrected chi connectivity index (χ1v) is 10.7. The smallest absolute Gasteiger partial charge is 0.253 e. The average Bonchev–Trinajstić information content (AvgIpc) is 3.18. The molecule has 2 atom stereocenters. The molecule has 4 aromatic rings. The van der Waals surface area contributed by atoms with E-state index in [1.54, 1.807) is 23.5 Å². The third-order valence-electron chi connectivity index (χ3n) is 6.11. The van der Waals surface area contributed by atoms with Gasteiger partial charge in [-0.3, -0.25) is 14.8 Å². The van der Waals surface area contributed by atoms with Crippen LogP contribution < -0.4 is 5.73 Å². The molecule has 0 aliphatic carbocycles. The second-order valence-corrected chi connectivity index (χ2v) is 8.31. The summed E-state index contributed by atoms with van der Waals surface area (Å²) in [6.45, 7) is 0.822. The number of carbonyl (C=O) groups excluding carboxylic acids is 1. The molecule has 0 saturated carbocycles. The van der Waals surface area contributed by atoms with Gasteiger partial charge in [0.25, 0.3) is 5.91 Å². The van der Waals surface area contributed by atoms with Gasteiger partial charge in [-0.1, -0.05) is 36.4 Å². The van der Waals surface area contributed by atoms with Gasteiger partial charge in [0, 0.05) is 48.8 Å². The molecule has 0 spiro atoms. The van der Waals surface area contributed by atoms with Crippen LogP contribution in [0, 0.1) is 5.92 Å². The molecule has 3 N–H and O–H groups in total. The zero-order valence-corrected chi connectivity index (χ0v) is 17.6. The van der Waals surface area contributed by atoms with E-state index in [4.69, 9.17) is 5.73 Å². The van der Waals surface area contributed by atoms with E-state index in [0.29, 0.717) is 25.1 Å². The van der Waals surface area contributed by atoms with Gasteiger partial charge in [0.15, 0.2) is 0 Å². The molecule has 1 fully saturated rings. The lowest BCUT2D eigenvalue weighted by Gasteiger charge is -2.17. The van der Waals surface area contributed by atoms with E-state index in [1.165, 1.54) is 0 Å². The first-order chi connectivity index (χ1) is 15.6. The van der Waals surface area contributed by atoms with Gasteiger partial charge in [0.2, 0.25) is 0 Å². The molecule has 0 bridgehead atoms. The van der Waals surface area contributed by atoms with E-state index >= 15 is 0 Å². The quantitative estimate of drug-likeness (QED) is 0.489. The molecule has 3 aromatic carbocycles. The number of hydrogen-bond acceptors (Lipinski definition) is 5. The van der Waals surface area contributed by atoms with Crippen LogP contribution in [-0.2, 0) is 6.42 Å². The Morgan fingerprint density at radius 1 is 1.06 bits per heavy atom. The highest BCUT2D eigenvalue weighted by Gasteiger charge is 2.34. The van der Waals surface area contributed by atoms with Crippen molar-refractivity contribution >= 4 is 22.4 Å². The number of nitrogens with zero attached hydrogens (tertiary/aromatic N) is 3.